The Hall–Kier alpha value is -3.87. The Balaban J connectivity index is 1.22. The largest absolute Gasteiger partial charge is 0.366 e. The van der Waals surface area contributed by atoms with Gasteiger partial charge in [0, 0.05) is 43.9 Å². The van der Waals surface area contributed by atoms with Crippen molar-refractivity contribution in [2.24, 2.45) is 5.41 Å². The SMILES string of the molecule is Cc1cccc(-c2ccc3c(n2)N(C(=O)Nc2ccc4c(c2)CCN(C(=O)CC(C)(C)C)C4)[C@H]2CCN3C2)c1. The average Bonchev–Trinajstić information content (AvgIpc) is 3.31. The summed E-state index contributed by atoms with van der Waals surface area (Å²) in [5, 5.41) is 3.17. The van der Waals surface area contributed by atoms with Crippen molar-refractivity contribution in [2.45, 2.75) is 59.5 Å². The lowest BCUT2D eigenvalue weighted by Crippen LogP contribution is -2.48. The molecule has 1 fully saturated rings. The number of anilines is 3. The highest BCUT2D eigenvalue weighted by Gasteiger charge is 2.40. The molecule has 4 heterocycles. The Morgan fingerprint density at radius 3 is 2.67 bits per heavy atom. The fraction of sp³-hybridized carbons (Fsp3) is 0.406. The fourth-order valence-corrected chi connectivity index (χ4v) is 6.03. The number of carbonyl (C=O) groups is 2. The minimum atomic E-state index is -0.144. The van der Waals surface area contributed by atoms with E-state index in [-0.39, 0.29) is 23.4 Å². The molecule has 3 aromatic rings. The standard InChI is InChI=1S/C32H37N5O2/c1-21-6-5-7-23(16-21)27-10-11-28-30(34-27)37(26-13-15-35(28)20-26)31(39)33-25-9-8-24-19-36(14-12-22(24)17-25)29(38)18-32(2,3)4/h5-11,16-17,26H,12-15,18-20H2,1-4H3,(H,33,39)/t26-/m0/s1. The minimum absolute atomic E-state index is 0.0232. The molecule has 1 saturated heterocycles. The molecule has 2 bridgehead atoms. The van der Waals surface area contributed by atoms with Crippen molar-refractivity contribution in [3.05, 3.63) is 71.3 Å². The summed E-state index contributed by atoms with van der Waals surface area (Å²) >= 11 is 0. The van der Waals surface area contributed by atoms with Crippen molar-refractivity contribution in [2.75, 3.05) is 34.8 Å². The zero-order chi connectivity index (χ0) is 27.3. The number of nitrogens with zero attached hydrogens (tertiary/aromatic N) is 4. The van der Waals surface area contributed by atoms with E-state index in [1.807, 2.05) is 21.9 Å². The van der Waals surface area contributed by atoms with E-state index in [1.165, 1.54) is 11.1 Å². The summed E-state index contributed by atoms with van der Waals surface area (Å²) in [6.45, 7) is 11.5. The van der Waals surface area contributed by atoms with Gasteiger partial charge in [0.2, 0.25) is 5.91 Å². The number of nitrogens with one attached hydrogen (secondary N) is 1. The molecule has 39 heavy (non-hydrogen) atoms. The van der Waals surface area contributed by atoms with Crippen LogP contribution in [0.3, 0.4) is 0 Å². The van der Waals surface area contributed by atoms with Crippen LogP contribution in [0, 0.1) is 12.3 Å². The number of rotatable bonds is 3. The third kappa shape index (κ3) is 5.10. The maximum atomic E-state index is 13.8. The van der Waals surface area contributed by atoms with Crippen LogP contribution in [-0.4, -0.2) is 47.5 Å². The zero-order valence-electron chi connectivity index (χ0n) is 23.3. The first-order valence-electron chi connectivity index (χ1n) is 14.0. The van der Waals surface area contributed by atoms with Crippen LogP contribution < -0.4 is 15.1 Å². The molecule has 0 aliphatic carbocycles. The molecule has 202 valence electrons. The second kappa shape index (κ2) is 9.70. The van der Waals surface area contributed by atoms with E-state index < -0.39 is 0 Å². The number of benzene rings is 2. The van der Waals surface area contributed by atoms with E-state index in [1.54, 1.807) is 0 Å². The van der Waals surface area contributed by atoms with E-state index in [0.29, 0.717) is 19.5 Å². The number of fused-ring (bicyclic) bond motifs is 5. The lowest BCUT2D eigenvalue weighted by molar-refractivity contribution is -0.134. The average molecular weight is 524 g/mol. The van der Waals surface area contributed by atoms with Crippen LogP contribution in [0.15, 0.2) is 54.6 Å². The minimum Gasteiger partial charge on any atom is -0.366 e. The molecule has 7 nitrogen and oxygen atoms in total. The smallest absolute Gasteiger partial charge is 0.327 e. The predicted molar refractivity (Wildman–Crippen MR) is 156 cm³/mol. The third-order valence-corrected chi connectivity index (χ3v) is 7.99. The second-order valence-corrected chi connectivity index (χ2v) is 12.4. The van der Waals surface area contributed by atoms with Crippen molar-refractivity contribution in [3.63, 3.8) is 0 Å². The number of hydrogen-bond acceptors (Lipinski definition) is 4. The highest BCUT2D eigenvalue weighted by Crippen LogP contribution is 2.40. The summed E-state index contributed by atoms with van der Waals surface area (Å²) in [5.41, 5.74) is 7.22. The Morgan fingerprint density at radius 2 is 1.87 bits per heavy atom. The number of hydrogen-bond donors (Lipinski definition) is 1. The molecule has 0 saturated carbocycles. The van der Waals surface area contributed by atoms with Gasteiger partial charge in [0.1, 0.15) is 0 Å². The zero-order valence-corrected chi connectivity index (χ0v) is 23.3. The van der Waals surface area contributed by atoms with Gasteiger partial charge in [0.05, 0.1) is 17.4 Å². The molecule has 2 aromatic carbocycles. The van der Waals surface area contributed by atoms with Crippen LogP contribution in [0.4, 0.5) is 22.0 Å². The highest BCUT2D eigenvalue weighted by atomic mass is 16.2. The van der Waals surface area contributed by atoms with Crippen LogP contribution in [0.25, 0.3) is 11.3 Å². The number of carbonyl (C=O) groups excluding carboxylic acids is 2. The van der Waals surface area contributed by atoms with Gasteiger partial charge in [-0.15, -0.1) is 0 Å². The molecular weight excluding hydrogens is 486 g/mol. The topological polar surface area (TPSA) is 68.8 Å². The predicted octanol–water partition coefficient (Wildman–Crippen LogP) is 6.01. The normalized spacial score (nSPS) is 18.1. The van der Waals surface area contributed by atoms with Gasteiger partial charge in [0.25, 0.3) is 0 Å². The Morgan fingerprint density at radius 1 is 1.03 bits per heavy atom. The summed E-state index contributed by atoms with van der Waals surface area (Å²) in [7, 11) is 0. The van der Waals surface area contributed by atoms with E-state index in [9.17, 15) is 9.59 Å². The van der Waals surface area contributed by atoms with E-state index in [2.05, 4.69) is 80.4 Å². The van der Waals surface area contributed by atoms with Crippen molar-refractivity contribution in [1.82, 2.24) is 9.88 Å². The van der Waals surface area contributed by atoms with Crippen LogP contribution >= 0.6 is 0 Å². The summed E-state index contributed by atoms with van der Waals surface area (Å²) in [6, 6.07) is 18.5. The number of pyridine rings is 1. The van der Waals surface area contributed by atoms with Crippen LogP contribution in [0.1, 0.15) is 50.3 Å². The van der Waals surface area contributed by atoms with Gasteiger partial charge in [-0.05, 0) is 66.6 Å². The van der Waals surface area contributed by atoms with Gasteiger partial charge in [-0.25, -0.2) is 9.78 Å². The Kier molecular flexibility index (Phi) is 6.32. The van der Waals surface area contributed by atoms with E-state index in [0.717, 1.165) is 59.9 Å². The molecule has 6 rings (SSSR count). The summed E-state index contributed by atoms with van der Waals surface area (Å²) in [4.78, 5) is 37.7. The third-order valence-electron chi connectivity index (χ3n) is 7.99. The number of aryl methyl sites for hydroxylation is 1. The van der Waals surface area contributed by atoms with Crippen molar-refractivity contribution in [3.8, 4) is 11.3 Å². The molecule has 0 unspecified atom stereocenters. The first kappa shape index (κ1) is 25.4. The van der Waals surface area contributed by atoms with Crippen molar-refractivity contribution >= 4 is 29.1 Å². The molecule has 3 aliphatic rings. The van der Waals surface area contributed by atoms with Gasteiger partial charge in [-0.1, -0.05) is 50.6 Å². The monoisotopic (exact) mass is 523 g/mol. The van der Waals surface area contributed by atoms with Crippen molar-refractivity contribution < 1.29 is 9.59 Å². The van der Waals surface area contributed by atoms with Gasteiger partial charge < -0.3 is 15.1 Å². The lowest BCUT2D eigenvalue weighted by Gasteiger charge is -2.36. The fourth-order valence-electron chi connectivity index (χ4n) is 6.03. The molecule has 0 spiro atoms. The van der Waals surface area contributed by atoms with Crippen molar-refractivity contribution in [1.29, 1.82) is 0 Å². The molecule has 3 amide bonds. The summed E-state index contributed by atoms with van der Waals surface area (Å²) in [5.74, 6) is 0.934. The number of urea groups is 1. The molecule has 3 aliphatic heterocycles. The van der Waals surface area contributed by atoms with E-state index >= 15 is 0 Å². The van der Waals surface area contributed by atoms with Gasteiger partial charge in [-0.2, -0.15) is 0 Å². The molecule has 1 N–H and O–H groups in total. The van der Waals surface area contributed by atoms with Gasteiger partial charge in [0.15, 0.2) is 5.82 Å². The Labute approximate surface area is 230 Å². The quantitative estimate of drug-likeness (QED) is 0.457. The molecule has 7 heteroatoms. The molecule has 1 aromatic heterocycles. The van der Waals surface area contributed by atoms with Crippen LogP contribution in [0.2, 0.25) is 0 Å². The molecular formula is C32H37N5O2. The van der Waals surface area contributed by atoms with Gasteiger partial charge >= 0.3 is 6.03 Å². The Bertz CT molecular complexity index is 1440. The first-order chi connectivity index (χ1) is 18.6. The lowest BCUT2D eigenvalue weighted by atomic mass is 9.90. The maximum Gasteiger partial charge on any atom is 0.327 e. The maximum absolute atomic E-state index is 13.8. The number of aromatic nitrogens is 1. The molecule has 1 atom stereocenters. The van der Waals surface area contributed by atoms with Crippen LogP contribution in [-0.2, 0) is 17.8 Å². The molecule has 0 radical (unpaired) electrons. The first-order valence-corrected chi connectivity index (χ1v) is 14.0. The number of amides is 3. The van der Waals surface area contributed by atoms with E-state index in [4.69, 9.17) is 4.98 Å². The summed E-state index contributed by atoms with van der Waals surface area (Å²) < 4.78 is 0. The van der Waals surface area contributed by atoms with Gasteiger partial charge in [-0.3, -0.25) is 9.69 Å². The summed E-state index contributed by atoms with van der Waals surface area (Å²) in [6.07, 6.45) is 2.26. The highest BCUT2D eigenvalue weighted by molar-refractivity contribution is 6.04. The second-order valence-electron chi connectivity index (χ2n) is 12.4. The van der Waals surface area contributed by atoms with Crippen LogP contribution in [0.5, 0.6) is 0 Å².